The molecule has 0 spiro atoms. The quantitative estimate of drug-likeness (QED) is 0.550. The van der Waals surface area contributed by atoms with Gasteiger partial charge in [-0.3, -0.25) is 4.79 Å². The van der Waals surface area contributed by atoms with Gasteiger partial charge in [-0.05, 0) is 23.8 Å². The monoisotopic (exact) mass is 392 g/mol. The molecule has 1 aromatic carbocycles. The minimum absolute atomic E-state index is 0.0215. The van der Waals surface area contributed by atoms with E-state index in [1.54, 1.807) is 18.2 Å². The van der Waals surface area contributed by atoms with Crippen LogP contribution in [0.25, 0.3) is 6.08 Å². The Morgan fingerprint density at radius 1 is 1.29 bits per heavy atom. The number of hydrogen-bond acceptors (Lipinski definition) is 8. The summed E-state index contributed by atoms with van der Waals surface area (Å²) in [6.07, 6.45) is 1.60. The number of carbonyl (C=O) groups is 2. The number of esters is 2. The Balaban J connectivity index is 1.72. The van der Waals surface area contributed by atoms with E-state index in [-0.39, 0.29) is 25.2 Å². The minimum Gasteiger partial charge on any atom is -0.508 e. The van der Waals surface area contributed by atoms with Crippen LogP contribution >= 0.6 is 0 Å². The van der Waals surface area contributed by atoms with Crippen molar-refractivity contribution in [2.75, 3.05) is 20.8 Å². The molecule has 8 heteroatoms. The second-order valence-corrected chi connectivity index (χ2v) is 7.09. The number of hydrogen-bond donors (Lipinski definition) is 2. The maximum absolute atomic E-state index is 12.3. The zero-order chi connectivity index (χ0) is 20.3. The molecule has 3 rings (SSSR count). The van der Waals surface area contributed by atoms with Gasteiger partial charge in [-0.15, -0.1) is 0 Å². The highest BCUT2D eigenvalue weighted by molar-refractivity contribution is 5.87. The summed E-state index contributed by atoms with van der Waals surface area (Å²) in [7, 11) is 2.75. The van der Waals surface area contributed by atoms with E-state index in [2.05, 4.69) is 0 Å². The molecule has 1 saturated carbocycles. The number of carbonyl (C=O) groups excluding carboxylic acids is 2. The molecular weight excluding hydrogens is 368 g/mol. The number of methoxy groups -OCH3 is 2. The smallest absolute Gasteiger partial charge is 0.331 e. The van der Waals surface area contributed by atoms with Gasteiger partial charge in [0.25, 0.3) is 0 Å². The van der Waals surface area contributed by atoms with Gasteiger partial charge in [-0.25, -0.2) is 4.79 Å². The molecule has 28 heavy (non-hydrogen) atoms. The van der Waals surface area contributed by atoms with Gasteiger partial charge in [-0.1, -0.05) is 12.1 Å². The average molecular weight is 392 g/mol. The van der Waals surface area contributed by atoms with Gasteiger partial charge in [0.05, 0.1) is 25.7 Å². The highest BCUT2D eigenvalue weighted by Crippen LogP contribution is 2.50. The third-order valence-corrected chi connectivity index (χ3v) is 5.34. The summed E-state index contributed by atoms with van der Waals surface area (Å²) in [6, 6.07) is 6.33. The second kappa shape index (κ2) is 8.30. The molecule has 0 amide bonds. The van der Waals surface area contributed by atoms with Gasteiger partial charge < -0.3 is 29.2 Å². The van der Waals surface area contributed by atoms with E-state index in [1.165, 1.54) is 32.4 Å². The summed E-state index contributed by atoms with van der Waals surface area (Å²) in [6.45, 7) is 0.0469. The van der Waals surface area contributed by atoms with Crippen molar-refractivity contribution in [3.05, 3.63) is 35.9 Å². The maximum atomic E-state index is 12.3. The van der Waals surface area contributed by atoms with E-state index in [4.69, 9.17) is 18.9 Å². The lowest BCUT2D eigenvalue weighted by molar-refractivity contribution is -0.158. The van der Waals surface area contributed by atoms with Gasteiger partial charge in [0.1, 0.15) is 11.9 Å². The van der Waals surface area contributed by atoms with Crippen LogP contribution in [0.4, 0.5) is 0 Å². The third-order valence-electron chi connectivity index (χ3n) is 5.34. The van der Waals surface area contributed by atoms with E-state index in [0.717, 1.165) is 5.56 Å². The van der Waals surface area contributed by atoms with Crippen LogP contribution < -0.4 is 0 Å². The van der Waals surface area contributed by atoms with Crippen LogP contribution in [0, 0.1) is 11.8 Å². The summed E-state index contributed by atoms with van der Waals surface area (Å²) >= 11 is 0. The first-order chi connectivity index (χ1) is 13.4. The standard InChI is InChI=1S/C20H24O8/c1-25-17(23)9-14-15(10-20(24)11-27-19(26-2)18(14)20)28-16(22)8-5-12-3-6-13(21)7-4-12/h3-8,14-15,18-19,21,24H,9-11H2,1-2H3/b8-5+/t14-,15+,18+,19-,20+/m0/s1. The molecule has 0 unspecified atom stereocenters. The molecule has 1 heterocycles. The molecule has 8 nitrogen and oxygen atoms in total. The van der Waals surface area contributed by atoms with Crippen molar-refractivity contribution in [3.8, 4) is 5.75 Å². The number of benzene rings is 1. The van der Waals surface area contributed by atoms with E-state index in [9.17, 15) is 19.8 Å². The van der Waals surface area contributed by atoms with Crippen molar-refractivity contribution in [3.63, 3.8) is 0 Å². The van der Waals surface area contributed by atoms with E-state index < -0.39 is 41.8 Å². The van der Waals surface area contributed by atoms with E-state index in [1.807, 2.05) is 0 Å². The van der Waals surface area contributed by atoms with Crippen molar-refractivity contribution in [2.24, 2.45) is 11.8 Å². The maximum Gasteiger partial charge on any atom is 0.331 e. The fourth-order valence-corrected chi connectivity index (χ4v) is 4.02. The Hall–Kier alpha value is -2.42. The lowest BCUT2D eigenvalue weighted by Crippen LogP contribution is -2.38. The van der Waals surface area contributed by atoms with E-state index in [0.29, 0.717) is 0 Å². The Labute approximate surface area is 162 Å². The molecule has 0 bridgehead atoms. The summed E-state index contributed by atoms with van der Waals surface area (Å²) in [4.78, 5) is 24.2. The van der Waals surface area contributed by atoms with Crippen LogP contribution in [-0.4, -0.2) is 61.0 Å². The molecule has 1 aliphatic carbocycles. The lowest BCUT2D eigenvalue weighted by atomic mass is 9.85. The Kier molecular flexibility index (Phi) is 6.02. The van der Waals surface area contributed by atoms with Gasteiger partial charge in [0.15, 0.2) is 6.29 Å². The first-order valence-electron chi connectivity index (χ1n) is 8.97. The zero-order valence-corrected chi connectivity index (χ0v) is 15.7. The number of fused-ring (bicyclic) bond motifs is 1. The number of aliphatic hydroxyl groups is 1. The molecule has 152 valence electrons. The SMILES string of the molecule is COC(=O)C[C@@H]1[C@@H]2[C@@H](OC)OC[C@]2(O)C[C@H]1OC(=O)/C=C/c1ccc(O)cc1. The fraction of sp³-hybridized carbons (Fsp3) is 0.500. The molecule has 0 radical (unpaired) electrons. The predicted octanol–water partition coefficient (Wildman–Crippen LogP) is 1.25. The van der Waals surface area contributed by atoms with Crippen LogP contribution in [0.1, 0.15) is 18.4 Å². The minimum atomic E-state index is -1.23. The first kappa shape index (κ1) is 20.3. The van der Waals surface area contributed by atoms with E-state index >= 15 is 0 Å². The van der Waals surface area contributed by atoms with Crippen molar-refractivity contribution in [2.45, 2.75) is 30.8 Å². The van der Waals surface area contributed by atoms with Crippen molar-refractivity contribution >= 4 is 18.0 Å². The summed E-state index contributed by atoms with van der Waals surface area (Å²) in [5.41, 5.74) is -0.513. The molecule has 2 aliphatic rings. The number of ether oxygens (including phenoxy) is 4. The Morgan fingerprint density at radius 2 is 2.00 bits per heavy atom. The molecule has 2 fully saturated rings. The Morgan fingerprint density at radius 3 is 2.64 bits per heavy atom. The van der Waals surface area contributed by atoms with Crippen LogP contribution in [0.3, 0.4) is 0 Å². The van der Waals surface area contributed by atoms with Gasteiger partial charge >= 0.3 is 11.9 Å². The zero-order valence-electron chi connectivity index (χ0n) is 15.7. The van der Waals surface area contributed by atoms with Crippen molar-refractivity contribution in [1.82, 2.24) is 0 Å². The van der Waals surface area contributed by atoms with Crippen LogP contribution in [0.5, 0.6) is 5.75 Å². The number of phenolic OH excluding ortho intramolecular Hbond substituents is 1. The largest absolute Gasteiger partial charge is 0.508 e. The molecule has 1 aliphatic heterocycles. The van der Waals surface area contributed by atoms with Gasteiger partial charge in [0.2, 0.25) is 0 Å². The number of aromatic hydroxyl groups is 1. The highest BCUT2D eigenvalue weighted by atomic mass is 16.7. The van der Waals surface area contributed by atoms with Crippen molar-refractivity contribution < 1.29 is 38.7 Å². The average Bonchev–Trinajstić information content (AvgIpc) is 3.13. The summed E-state index contributed by atoms with van der Waals surface area (Å²) < 4.78 is 21.1. The summed E-state index contributed by atoms with van der Waals surface area (Å²) in [5, 5.41) is 20.2. The van der Waals surface area contributed by atoms with Crippen LogP contribution in [-0.2, 0) is 28.5 Å². The van der Waals surface area contributed by atoms with Crippen LogP contribution in [0.15, 0.2) is 30.3 Å². The molecular formula is C20H24O8. The second-order valence-electron chi connectivity index (χ2n) is 7.09. The van der Waals surface area contributed by atoms with Crippen molar-refractivity contribution in [1.29, 1.82) is 0 Å². The summed E-state index contributed by atoms with van der Waals surface area (Å²) in [5.74, 6) is -1.92. The fourth-order valence-electron chi connectivity index (χ4n) is 4.02. The topological polar surface area (TPSA) is 112 Å². The normalized spacial score (nSPS) is 31.7. The Bertz CT molecular complexity index is 743. The van der Waals surface area contributed by atoms with Gasteiger partial charge in [-0.2, -0.15) is 0 Å². The lowest BCUT2D eigenvalue weighted by Gasteiger charge is -2.27. The van der Waals surface area contributed by atoms with Gasteiger partial charge in [0, 0.05) is 31.4 Å². The van der Waals surface area contributed by atoms with Crippen LogP contribution in [0.2, 0.25) is 0 Å². The highest BCUT2D eigenvalue weighted by Gasteiger charge is 2.62. The molecule has 2 N–H and O–H groups in total. The molecule has 1 aromatic rings. The molecule has 1 saturated heterocycles. The molecule has 0 aromatic heterocycles. The predicted molar refractivity (Wildman–Crippen MR) is 96.9 cm³/mol. The number of phenols is 1. The first-order valence-corrected chi connectivity index (χ1v) is 8.97. The molecule has 5 atom stereocenters. The third kappa shape index (κ3) is 4.19. The number of rotatable bonds is 6.